The van der Waals surface area contributed by atoms with E-state index in [2.05, 4.69) is 27.3 Å². The first-order valence-corrected chi connectivity index (χ1v) is 11.1. The van der Waals surface area contributed by atoms with Gasteiger partial charge in [0.25, 0.3) is 5.91 Å². The lowest BCUT2D eigenvalue weighted by Crippen LogP contribution is -2.48. The molecule has 2 aliphatic rings. The number of ether oxygens (including phenoxy) is 2. The Balaban J connectivity index is 1.36. The van der Waals surface area contributed by atoms with Crippen molar-refractivity contribution in [2.45, 2.75) is 31.3 Å². The molecule has 2 aliphatic heterocycles. The fraction of sp³-hybridized carbons (Fsp3) is 0.364. The minimum absolute atomic E-state index is 0.117. The Hall–Kier alpha value is -2.50. The molecule has 2 aromatic carbocycles. The normalized spacial score (nSPS) is 18.1. The number of amides is 2. The van der Waals surface area contributed by atoms with Gasteiger partial charge in [-0.3, -0.25) is 9.69 Å². The Morgan fingerprint density at radius 2 is 1.81 bits per heavy atom. The third-order valence-corrected chi connectivity index (χ3v) is 6.32. The Bertz CT molecular complexity index is 1000. The van der Waals surface area contributed by atoms with Crippen LogP contribution in [0.4, 0.5) is 18.0 Å². The van der Waals surface area contributed by atoms with Crippen LogP contribution in [0.2, 0.25) is 0 Å². The second kappa shape index (κ2) is 8.80. The number of carbonyl (C=O) groups excluding carboxylic acids is 2. The van der Waals surface area contributed by atoms with E-state index in [1.165, 1.54) is 12.1 Å². The molecule has 2 saturated heterocycles. The van der Waals surface area contributed by atoms with Gasteiger partial charge >= 0.3 is 12.5 Å². The van der Waals surface area contributed by atoms with Crippen LogP contribution in [0.3, 0.4) is 0 Å². The highest BCUT2D eigenvalue weighted by Crippen LogP contribution is 2.34. The van der Waals surface area contributed by atoms with E-state index in [4.69, 9.17) is 4.74 Å². The van der Waals surface area contributed by atoms with Crippen LogP contribution in [0.25, 0.3) is 0 Å². The molecule has 0 saturated carbocycles. The van der Waals surface area contributed by atoms with Crippen LogP contribution in [-0.2, 0) is 11.3 Å². The van der Waals surface area contributed by atoms with E-state index in [1.54, 1.807) is 9.80 Å². The molecule has 170 valence electrons. The standard InChI is InChI=1S/C22H20F3IN2O4/c23-22(24,25)31-18-3-1-2-16(12-18)19(29)27-10-8-21(9-11-27)14-28(20(30)32-21)13-15-4-6-17(26)7-5-15/h1-7,12H,8-11,13-14H2. The number of carbonyl (C=O) groups is 2. The first kappa shape index (κ1) is 22.7. The molecule has 2 aromatic rings. The maximum atomic E-state index is 12.8. The largest absolute Gasteiger partial charge is 0.573 e. The summed E-state index contributed by atoms with van der Waals surface area (Å²) in [7, 11) is 0. The lowest BCUT2D eigenvalue weighted by Gasteiger charge is -2.37. The van der Waals surface area contributed by atoms with Gasteiger partial charge < -0.3 is 14.4 Å². The summed E-state index contributed by atoms with van der Waals surface area (Å²) in [5, 5.41) is 0. The lowest BCUT2D eigenvalue weighted by atomic mass is 9.91. The van der Waals surface area contributed by atoms with Gasteiger partial charge in [-0.25, -0.2) is 4.79 Å². The molecular weight excluding hydrogens is 540 g/mol. The SMILES string of the molecule is O=C1OC2(CCN(C(=O)c3cccc(OC(F)(F)F)c3)CC2)CN1Cc1ccc(I)cc1. The molecule has 0 aromatic heterocycles. The molecule has 6 nitrogen and oxygen atoms in total. The highest BCUT2D eigenvalue weighted by Gasteiger charge is 2.47. The highest BCUT2D eigenvalue weighted by atomic mass is 127. The van der Waals surface area contributed by atoms with Crippen molar-refractivity contribution in [1.82, 2.24) is 9.80 Å². The predicted molar refractivity (Wildman–Crippen MR) is 117 cm³/mol. The van der Waals surface area contributed by atoms with Crippen molar-refractivity contribution in [3.63, 3.8) is 0 Å². The number of hydrogen-bond donors (Lipinski definition) is 0. The maximum Gasteiger partial charge on any atom is 0.573 e. The van der Waals surface area contributed by atoms with E-state index in [0.29, 0.717) is 39.0 Å². The van der Waals surface area contributed by atoms with Crippen LogP contribution in [0, 0.1) is 3.57 Å². The molecule has 0 radical (unpaired) electrons. The number of hydrogen-bond acceptors (Lipinski definition) is 4. The van der Waals surface area contributed by atoms with Crippen molar-refractivity contribution in [1.29, 1.82) is 0 Å². The fourth-order valence-electron chi connectivity index (χ4n) is 4.01. The van der Waals surface area contributed by atoms with Crippen LogP contribution in [-0.4, -0.2) is 53.4 Å². The molecule has 2 amide bonds. The van der Waals surface area contributed by atoms with Crippen molar-refractivity contribution < 1.29 is 32.2 Å². The molecule has 32 heavy (non-hydrogen) atoms. The molecule has 0 bridgehead atoms. The number of nitrogens with zero attached hydrogens (tertiary/aromatic N) is 2. The van der Waals surface area contributed by atoms with Crippen LogP contribution >= 0.6 is 22.6 Å². The number of rotatable bonds is 4. The summed E-state index contributed by atoms with van der Waals surface area (Å²) in [6, 6.07) is 12.9. The minimum atomic E-state index is -4.82. The third kappa shape index (κ3) is 5.28. The van der Waals surface area contributed by atoms with Gasteiger partial charge in [-0.1, -0.05) is 18.2 Å². The number of piperidine rings is 1. The molecule has 10 heteroatoms. The quantitative estimate of drug-likeness (QED) is 0.504. The third-order valence-electron chi connectivity index (χ3n) is 5.60. The van der Waals surface area contributed by atoms with Crippen molar-refractivity contribution in [2.75, 3.05) is 19.6 Å². The average molecular weight is 560 g/mol. The van der Waals surface area contributed by atoms with Crippen LogP contribution in [0.5, 0.6) is 5.75 Å². The van der Waals surface area contributed by atoms with E-state index in [-0.39, 0.29) is 17.6 Å². The summed E-state index contributed by atoms with van der Waals surface area (Å²) < 4.78 is 48.1. The first-order chi connectivity index (χ1) is 15.1. The first-order valence-electron chi connectivity index (χ1n) is 10.00. The monoisotopic (exact) mass is 560 g/mol. The topological polar surface area (TPSA) is 59.1 Å². The Kier molecular flexibility index (Phi) is 6.24. The fourth-order valence-corrected chi connectivity index (χ4v) is 4.37. The zero-order chi connectivity index (χ0) is 22.9. The minimum Gasteiger partial charge on any atom is -0.441 e. The van der Waals surface area contributed by atoms with E-state index < -0.39 is 17.7 Å². The lowest BCUT2D eigenvalue weighted by molar-refractivity contribution is -0.274. The van der Waals surface area contributed by atoms with Crippen LogP contribution < -0.4 is 4.74 Å². The summed E-state index contributed by atoms with van der Waals surface area (Å²) in [5.41, 5.74) is 0.470. The van der Waals surface area contributed by atoms with Gasteiger partial charge in [0.1, 0.15) is 11.4 Å². The van der Waals surface area contributed by atoms with E-state index in [0.717, 1.165) is 21.3 Å². The number of benzene rings is 2. The summed E-state index contributed by atoms with van der Waals surface area (Å²) >= 11 is 2.22. The number of likely N-dealkylation sites (tertiary alicyclic amines) is 1. The molecule has 0 unspecified atom stereocenters. The van der Waals surface area contributed by atoms with E-state index in [9.17, 15) is 22.8 Å². The summed E-state index contributed by atoms with van der Waals surface area (Å²) in [5.74, 6) is -0.819. The molecule has 2 heterocycles. The van der Waals surface area contributed by atoms with Crippen LogP contribution in [0.1, 0.15) is 28.8 Å². The summed E-state index contributed by atoms with van der Waals surface area (Å²) in [6.07, 6.45) is -4.27. The van der Waals surface area contributed by atoms with Gasteiger partial charge in [0, 0.05) is 41.6 Å². The molecule has 0 aliphatic carbocycles. The van der Waals surface area contributed by atoms with Crippen molar-refractivity contribution >= 4 is 34.6 Å². The Morgan fingerprint density at radius 1 is 1.12 bits per heavy atom. The highest BCUT2D eigenvalue weighted by molar-refractivity contribution is 14.1. The van der Waals surface area contributed by atoms with Gasteiger partial charge in [0.05, 0.1) is 6.54 Å². The second-order valence-corrected chi connectivity index (χ2v) is 9.15. The molecule has 4 rings (SSSR count). The van der Waals surface area contributed by atoms with Crippen molar-refractivity contribution in [3.05, 3.63) is 63.2 Å². The predicted octanol–water partition coefficient (Wildman–Crippen LogP) is 4.82. The number of halogens is 4. The van der Waals surface area contributed by atoms with Gasteiger partial charge in [-0.05, 0) is 58.5 Å². The zero-order valence-corrected chi connectivity index (χ0v) is 19.1. The van der Waals surface area contributed by atoms with E-state index >= 15 is 0 Å². The van der Waals surface area contributed by atoms with Crippen LogP contribution in [0.15, 0.2) is 48.5 Å². The van der Waals surface area contributed by atoms with Crippen molar-refractivity contribution in [2.24, 2.45) is 0 Å². The molecule has 0 atom stereocenters. The summed E-state index contributed by atoms with van der Waals surface area (Å²) in [4.78, 5) is 28.4. The molecule has 2 fully saturated rings. The molecule has 1 spiro atoms. The van der Waals surface area contributed by atoms with Gasteiger partial charge in [0.2, 0.25) is 0 Å². The molecule has 0 N–H and O–H groups in total. The van der Waals surface area contributed by atoms with Gasteiger partial charge in [-0.15, -0.1) is 13.2 Å². The van der Waals surface area contributed by atoms with Crippen molar-refractivity contribution in [3.8, 4) is 5.75 Å². The number of alkyl halides is 3. The average Bonchev–Trinajstić information content (AvgIpc) is 3.03. The Morgan fingerprint density at radius 3 is 2.47 bits per heavy atom. The Labute approximate surface area is 196 Å². The molecular formula is C22H20F3IN2O4. The van der Waals surface area contributed by atoms with Gasteiger partial charge in [-0.2, -0.15) is 0 Å². The smallest absolute Gasteiger partial charge is 0.441 e. The maximum absolute atomic E-state index is 12.8. The summed E-state index contributed by atoms with van der Waals surface area (Å²) in [6.45, 7) is 1.57. The second-order valence-electron chi connectivity index (χ2n) is 7.90. The zero-order valence-electron chi connectivity index (χ0n) is 16.9. The van der Waals surface area contributed by atoms with E-state index in [1.807, 2.05) is 24.3 Å². The van der Waals surface area contributed by atoms with Gasteiger partial charge in [0.15, 0.2) is 0 Å².